The third-order valence-electron chi connectivity index (χ3n) is 5.45. The zero-order valence-electron chi connectivity index (χ0n) is 19.5. The zero-order valence-corrected chi connectivity index (χ0v) is 20.3. The van der Waals surface area contributed by atoms with Crippen LogP contribution in [0.25, 0.3) is 0 Å². The van der Waals surface area contributed by atoms with Gasteiger partial charge in [0.2, 0.25) is 5.91 Å². The third kappa shape index (κ3) is 5.56. The molecule has 0 radical (unpaired) electrons. The van der Waals surface area contributed by atoms with E-state index < -0.39 is 11.2 Å². The first-order chi connectivity index (χ1) is 17.0. The number of hydrogen-bond donors (Lipinski definition) is 1. The zero-order chi connectivity index (χ0) is 24.8. The predicted octanol–water partition coefficient (Wildman–Crippen LogP) is 5.46. The molecule has 1 heterocycles. The largest absolute Gasteiger partial charge is 0.494 e. The van der Waals surface area contributed by atoms with Crippen molar-refractivity contribution in [1.82, 2.24) is 0 Å². The maximum Gasteiger partial charge on any atom is 0.269 e. The van der Waals surface area contributed by atoms with E-state index in [0.717, 1.165) is 11.1 Å². The van der Waals surface area contributed by atoms with E-state index in [4.69, 9.17) is 4.74 Å². The maximum absolute atomic E-state index is 13.6. The van der Waals surface area contributed by atoms with Gasteiger partial charge in [-0.1, -0.05) is 54.2 Å². The Balaban J connectivity index is 1.72. The number of anilines is 2. The molecule has 1 unspecified atom stereocenters. The van der Waals surface area contributed by atoms with Crippen molar-refractivity contribution in [2.24, 2.45) is 0 Å². The molecule has 0 saturated carbocycles. The molecule has 1 fully saturated rings. The van der Waals surface area contributed by atoms with Crippen LogP contribution < -0.4 is 15.0 Å². The van der Waals surface area contributed by atoms with Crippen LogP contribution in [0, 0.1) is 18.3 Å². The number of carbonyl (C=O) groups is 2. The third-order valence-corrected chi connectivity index (χ3v) is 6.71. The predicted molar refractivity (Wildman–Crippen MR) is 139 cm³/mol. The Morgan fingerprint density at radius 1 is 1.09 bits per heavy atom. The number of hydrogen-bond acceptors (Lipinski definition) is 5. The minimum Gasteiger partial charge on any atom is -0.494 e. The van der Waals surface area contributed by atoms with Gasteiger partial charge in [0.25, 0.3) is 5.91 Å². The molecule has 1 N–H and O–H groups in total. The van der Waals surface area contributed by atoms with E-state index in [-0.39, 0.29) is 11.5 Å². The van der Waals surface area contributed by atoms with Crippen molar-refractivity contribution >= 4 is 35.0 Å². The number of ether oxygens (including phenoxy) is 1. The lowest BCUT2D eigenvalue weighted by Crippen LogP contribution is -2.30. The molecule has 0 spiro atoms. The number of nitrogens with one attached hydrogen (secondary N) is 1. The molecule has 1 atom stereocenters. The van der Waals surface area contributed by atoms with Crippen molar-refractivity contribution in [1.29, 1.82) is 5.26 Å². The summed E-state index contributed by atoms with van der Waals surface area (Å²) >= 11 is 1.25. The van der Waals surface area contributed by atoms with Crippen molar-refractivity contribution in [2.75, 3.05) is 16.8 Å². The topological polar surface area (TPSA) is 82.4 Å². The Morgan fingerprint density at radius 3 is 2.49 bits per heavy atom. The van der Waals surface area contributed by atoms with Gasteiger partial charge in [-0.3, -0.25) is 14.5 Å². The summed E-state index contributed by atoms with van der Waals surface area (Å²) in [4.78, 5) is 28.2. The summed E-state index contributed by atoms with van der Waals surface area (Å²) < 4.78 is 5.52. The van der Waals surface area contributed by atoms with Crippen LogP contribution in [-0.4, -0.2) is 23.7 Å². The van der Waals surface area contributed by atoms with Gasteiger partial charge in [0.15, 0.2) is 0 Å². The summed E-state index contributed by atoms with van der Waals surface area (Å²) in [5.74, 6) is -0.0431. The molecule has 6 nitrogen and oxygen atoms in total. The normalized spacial score (nSPS) is 16.5. The summed E-state index contributed by atoms with van der Waals surface area (Å²) in [6, 6.07) is 26.2. The Morgan fingerprint density at radius 2 is 1.83 bits per heavy atom. The van der Waals surface area contributed by atoms with Crippen molar-refractivity contribution in [3.63, 3.8) is 0 Å². The average molecular weight is 484 g/mol. The van der Waals surface area contributed by atoms with Crippen LogP contribution in [0.4, 0.5) is 11.4 Å². The van der Waals surface area contributed by atoms with E-state index in [0.29, 0.717) is 35.2 Å². The maximum atomic E-state index is 13.6. The van der Waals surface area contributed by atoms with Gasteiger partial charge in [0, 0.05) is 11.4 Å². The van der Waals surface area contributed by atoms with Gasteiger partial charge < -0.3 is 10.1 Å². The van der Waals surface area contributed by atoms with Crippen LogP contribution in [0.15, 0.2) is 89.5 Å². The highest BCUT2D eigenvalue weighted by Gasteiger charge is 2.40. The summed E-state index contributed by atoms with van der Waals surface area (Å²) in [5, 5.41) is 12.7. The fourth-order valence-electron chi connectivity index (χ4n) is 3.82. The Labute approximate surface area is 209 Å². The molecule has 0 bridgehead atoms. The minimum absolute atomic E-state index is 0.102. The van der Waals surface area contributed by atoms with Crippen molar-refractivity contribution in [2.45, 2.75) is 25.5 Å². The molecule has 3 aromatic carbocycles. The van der Waals surface area contributed by atoms with E-state index in [9.17, 15) is 14.9 Å². The molecule has 35 heavy (non-hydrogen) atoms. The van der Waals surface area contributed by atoms with Crippen LogP contribution in [-0.2, 0) is 16.0 Å². The molecule has 1 aliphatic rings. The minimum atomic E-state index is -0.551. The Kier molecular flexibility index (Phi) is 7.54. The molecule has 1 saturated heterocycles. The van der Waals surface area contributed by atoms with Crippen LogP contribution in [0.2, 0.25) is 0 Å². The van der Waals surface area contributed by atoms with Gasteiger partial charge in [-0.05, 0) is 67.8 Å². The summed E-state index contributed by atoms with van der Waals surface area (Å²) in [6.45, 7) is 4.35. The number of benzene rings is 3. The monoisotopic (exact) mass is 483 g/mol. The molecule has 2 amide bonds. The second kappa shape index (κ2) is 10.9. The number of rotatable bonds is 7. The Hall–Kier alpha value is -4.02. The lowest BCUT2D eigenvalue weighted by atomic mass is 10.1. The van der Waals surface area contributed by atoms with Gasteiger partial charge in [-0.15, -0.1) is 0 Å². The Bertz CT molecular complexity index is 1300. The lowest BCUT2D eigenvalue weighted by Gasteiger charge is -2.19. The second-order valence-corrected chi connectivity index (χ2v) is 9.20. The van der Waals surface area contributed by atoms with Crippen LogP contribution >= 0.6 is 11.8 Å². The van der Waals surface area contributed by atoms with Crippen LogP contribution in [0.1, 0.15) is 18.1 Å². The molecule has 0 aromatic heterocycles. The molecule has 4 rings (SSSR count). The van der Waals surface area contributed by atoms with Crippen LogP contribution in [0.5, 0.6) is 5.75 Å². The van der Waals surface area contributed by atoms with Crippen molar-refractivity contribution in [3.05, 3.63) is 101 Å². The number of nitriles is 1. The first-order valence-corrected chi connectivity index (χ1v) is 12.2. The van der Waals surface area contributed by atoms with E-state index in [1.807, 2.05) is 68.4 Å². The van der Waals surface area contributed by atoms with Gasteiger partial charge in [-0.25, -0.2) is 0 Å². The van der Waals surface area contributed by atoms with E-state index in [2.05, 4.69) is 5.32 Å². The highest BCUT2D eigenvalue weighted by molar-refractivity contribution is 8.05. The summed E-state index contributed by atoms with van der Waals surface area (Å²) in [5.41, 5.74) is 3.06. The van der Waals surface area contributed by atoms with E-state index >= 15 is 0 Å². The molecular weight excluding hydrogens is 458 g/mol. The molecular formula is C28H25N3O3S. The van der Waals surface area contributed by atoms with Gasteiger partial charge in [0.1, 0.15) is 22.4 Å². The van der Waals surface area contributed by atoms with Gasteiger partial charge >= 0.3 is 0 Å². The number of thioether (sulfide) groups is 1. The number of carbonyl (C=O) groups excluding carboxylic acids is 2. The second-order valence-electron chi connectivity index (χ2n) is 8.01. The summed E-state index contributed by atoms with van der Waals surface area (Å²) in [6.07, 6.45) is 0.486. The number of aryl methyl sites for hydroxylation is 1. The standard InChI is InChI=1S/C28H25N3O3S/c1-3-34-23-14-12-22(13-15-23)31-27(33)25(17-20-9-5-4-6-10-20)35-28(31)24(18-29)26(32)30-21-11-7-8-19(2)16-21/h4-16,25H,3,17H2,1-2H3,(H,30,32)/b28-24-. The van der Waals surface area contributed by atoms with Crippen molar-refractivity contribution < 1.29 is 14.3 Å². The smallest absolute Gasteiger partial charge is 0.269 e. The average Bonchev–Trinajstić information content (AvgIpc) is 3.16. The number of nitrogens with zero attached hydrogens (tertiary/aromatic N) is 2. The highest BCUT2D eigenvalue weighted by Crippen LogP contribution is 2.42. The van der Waals surface area contributed by atoms with E-state index in [1.54, 1.807) is 30.3 Å². The molecule has 3 aromatic rings. The van der Waals surface area contributed by atoms with Gasteiger partial charge in [0.05, 0.1) is 11.9 Å². The lowest BCUT2D eigenvalue weighted by molar-refractivity contribution is -0.117. The first-order valence-electron chi connectivity index (χ1n) is 11.3. The molecule has 176 valence electrons. The molecule has 1 aliphatic heterocycles. The van der Waals surface area contributed by atoms with Gasteiger partial charge in [-0.2, -0.15) is 5.26 Å². The fourth-order valence-corrected chi connectivity index (χ4v) is 5.13. The quantitative estimate of drug-likeness (QED) is 0.357. The highest BCUT2D eigenvalue weighted by atomic mass is 32.2. The summed E-state index contributed by atoms with van der Waals surface area (Å²) in [7, 11) is 0. The SMILES string of the molecule is CCOc1ccc(N2C(=O)C(Cc3ccccc3)S/C2=C(/C#N)C(=O)Nc2cccc(C)c2)cc1. The molecule has 0 aliphatic carbocycles. The van der Waals surface area contributed by atoms with Crippen molar-refractivity contribution in [3.8, 4) is 11.8 Å². The van der Waals surface area contributed by atoms with E-state index in [1.165, 1.54) is 16.7 Å². The first kappa shape index (κ1) is 24.1. The molecule has 7 heteroatoms. The number of amides is 2. The van der Waals surface area contributed by atoms with Crippen LogP contribution in [0.3, 0.4) is 0 Å². The fraction of sp³-hybridized carbons (Fsp3) is 0.179.